The predicted octanol–water partition coefficient (Wildman–Crippen LogP) is 4.00. The first kappa shape index (κ1) is 21.2. The van der Waals surface area contributed by atoms with Gasteiger partial charge in [0.25, 0.3) is 11.2 Å². The topological polar surface area (TPSA) is 124 Å². The molecule has 35 heavy (non-hydrogen) atoms. The van der Waals surface area contributed by atoms with Crippen LogP contribution >= 0.6 is 0 Å². The zero-order valence-corrected chi connectivity index (χ0v) is 18.8. The van der Waals surface area contributed by atoms with E-state index < -0.39 is 45.0 Å². The molecule has 2 bridgehead atoms. The van der Waals surface area contributed by atoms with Crippen LogP contribution in [0.25, 0.3) is 0 Å². The third-order valence-corrected chi connectivity index (χ3v) is 7.89. The van der Waals surface area contributed by atoms with Gasteiger partial charge in [0.15, 0.2) is 0 Å². The standard InChI is InChI=1S/C26H19N3O6/c1-13-11-19(20(28(32)33)12-14(13)2)27-24(30)22-21-15-7-3-5-9-17(15)26(29(34)35,23(22)25(27)31)18-10-6-4-8-16(18)21/h3-12,21-23H,1-2H3/t21?,22-,23-,26?/m1/s1. The second kappa shape index (κ2) is 6.82. The number of rotatable bonds is 3. The van der Waals surface area contributed by atoms with E-state index in [1.165, 1.54) is 12.1 Å². The molecule has 3 aromatic carbocycles. The first-order valence-electron chi connectivity index (χ1n) is 11.2. The number of carbonyl (C=O) groups is 2. The van der Waals surface area contributed by atoms with Crippen LogP contribution in [0.15, 0.2) is 60.7 Å². The Morgan fingerprint density at radius 1 is 0.829 bits per heavy atom. The van der Waals surface area contributed by atoms with Gasteiger partial charge in [-0.2, -0.15) is 0 Å². The van der Waals surface area contributed by atoms with E-state index in [0.717, 1.165) is 4.90 Å². The van der Waals surface area contributed by atoms with Crippen molar-refractivity contribution in [1.29, 1.82) is 0 Å². The Kier molecular flexibility index (Phi) is 4.12. The summed E-state index contributed by atoms with van der Waals surface area (Å²) >= 11 is 0. The number of imide groups is 1. The first-order chi connectivity index (χ1) is 16.7. The minimum absolute atomic E-state index is 0.145. The molecule has 2 atom stereocenters. The Balaban J connectivity index is 1.66. The summed E-state index contributed by atoms with van der Waals surface area (Å²) in [7, 11) is 0. The third kappa shape index (κ3) is 2.37. The number of benzene rings is 3. The zero-order valence-electron chi connectivity index (χ0n) is 18.8. The van der Waals surface area contributed by atoms with E-state index in [1.807, 2.05) is 0 Å². The summed E-state index contributed by atoms with van der Waals surface area (Å²) in [5, 5.41) is 24.9. The molecule has 7 rings (SSSR count). The average Bonchev–Trinajstić information content (AvgIpc) is 3.11. The Morgan fingerprint density at radius 2 is 1.37 bits per heavy atom. The Hall–Kier alpha value is -4.40. The summed E-state index contributed by atoms with van der Waals surface area (Å²) in [6.45, 7) is 3.43. The Labute approximate surface area is 199 Å². The predicted molar refractivity (Wildman–Crippen MR) is 125 cm³/mol. The first-order valence-corrected chi connectivity index (χ1v) is 11.2. The van der Waals surface area contributed by atoms with E-state index in [1.54, 1.807) is 62.4 Å². The fraction of sp³-hybridized carbons (Fsp3) is 0.231. The lowest BCUT2D eigenvalue weighted by molar-refractivity contribution is -0.578. The molecule has 174 valence electrons. The summed E-state index contributed by atoms with van der Waals surface area (Å²) in [6, 6.07) is 16.5. The average molecular weight is 469 g/mol. The number of nitrogens with zero attached hydrogens (tertiary/aromatic N) is 3. The number of hydrogen-bond donors (Lipinski definition) is 0. The molecule has 3 aliphatic carbocycles. The summed E-state index contributed by atoms with van der Waals surface area (Å²) in [5.41, 5.74) is 0.879. The minimum Gasteiger partial charge on any atom is -0.274 e. The maximum absolute atomic E-state index is 14.0. The quantitative estimate of drug-likeness (QED) is 0.324. The molecule has 0 spiro atoms. The maximum Gasteiger partial charge on any atom is 0.293 e. The summed E-state index contributed by atoms with van der Waals surface area (Å²) in [4.78, 5) is 52.6. The van der Waals surface area contributed by atoms with Crippen molar-refractivity contribution in [2.75, 3.05) is 4.90 Å². The van der Waals surface area contributed by atoms with Crippen molar-refractivity contribution in [3.05, 3.63) is 114 Å². The normalized spacial score (nSPS) is 25.8. The number of carbonyl (C=O) groups excluding carboxylic acids is 2. The van der Waals surface area contributed by atoms with Gasteiger partial charge in [-0.05, 0) is 42.2 Å². The van der Waals surface area contributed by atoms with Gasteiger partial charge < -0.3 is 0 Å². The highest BCUT2D eigenvalue weighted by Crippen LogP contribution is 2.64. The van der Waals surface area contributed by atoms with Crippen LogP contribution in [0.3, 0.4) is 0 Å². The molecule has 0 unspecified atom stereocenters. The van der Waals surface area contributed by atoms with Crippen molar-refractivity contribution in [1.82, 2.24) is 0 Å². The van der Waals surface area contributed by atoms with Crippen molar-refractivity contribution in [2.24, 2.45) is 11.8 Å². The second-order valence-corrected chi connectivity index (χ2v) is 9.37. The molecule has 0 saturated carbocycles. The smallest absolute Gasteiger partial charge is 0.274 e. The highest BCUT2D eigenvalue weighted by Gasteiger charge is 2.75. The molecule has 2 amide bonds. The molecular weight excluding hydrogens is 450 g/mol. The Bertz CT molecular complexity index is 1470. The van der Waals surface area contributed by atoms with E-state index in [-0.39, 0.29) is 11.4 Å². The maximum atomic E-state index is 14.0. The molecule has 3 aromatic rings. The molecule has 1 fully saturated rings. The van der Waals surface area contributed by atoms with Gasteiger partial charge in [0.2, 0.25) is 11.8 Å². The molecule has 0 N–H and O–H groups in total. The number of nitro groups is 2. The SMILES string of the molecule is Cc1cc(N2C(=O)[C@@H]3C4c5ccccc5C([N+](=O)[O-])(c5ccccc54)[C@H]3C2=O)c([N+](=O)[O-])cc1C. The fourth-order valence-electron chi connectivity index (χ4n) is 6.39. The molecule has 1 aliphatic heterocycles. The van der Waals surface area contributed by atoms with Gasteiger partial charge in [-0.25, -0.2) is 4.90 Å². The van der Waals surface area contributed by atoms with Crippen LogP contribution in [0.4, 0.5) is 11.4 Å². The Morgan fingerprint density at radius 3 is 1.91 bits per heavy atom. The van der Waals surface area contributed by atoms with Crippen LogP contribution in [-0.4, -0.2) is 21.7 Å². The lowest BCUT2D eigenvalue weighted by Crippen LogP contribution is -2.57. The molecule has 1 heterocycles. The van der Waals surface area contributed by atoms with Crippen LogP contribution in [0.5, 0.6) is 0 Å². The van der Waals surface area contributed by atoms with Crippen molar-refractivity contribution >= 4 is 23.2 Å². The van der Waals surface area contributed by atoms with E-state index in [9.17, 15) is 29.8 Å². The molecule has 1 saturated heterocycles. The summed E-state index contributed by atoms with van der Waals surface area (Å²) in [5.74, 6) is -4.36. The minimum atomic E-state index is -1.97. The second-order valence-electron chi connectivity index (χ2n) is 9.37. The van der Waals surface area contributed by atoms with Crippen LogP contribution < -0.4 is 4.90 Å². The van der Waals surface area contributed by atoms with Crippen LogP contribution in [0.2, 0.25) is 0 Å². The van der Waals surface area contributed by atoms with Gasteiger partial charge in [-0.3, -0.25) is 29.8 Å². The number of anilines is 1. The van der Waals surface area contributed by atoms with Gasteiger partial charge in [0, 0.05) is 28.0 Å². The van der Waals surface area contributed by atoms with Crippen LogP contribution in [-0.2, 0) is 15.1 Å². The van der Waals surface area contributed by atoms with E-state index >= 15 is 0 Å². The van der Waals surface area contributed by atoms with E-state index in [0.29, 0.717) is 33.4 Å². The molecule has 0 aromatic heterocycles. The molecule has 9 heteroatoms. The molecule has 0 radical (unpaired) electrons. The number of amides is 2. The van der Waals surface area contributed by atoms with E-state index in [4.69, 9.17) is 0 Å². The van der Waals surface area contributed by atoms with Crippen molar-refractivity contribution in [3.8, 4) is 0 Å². The molecular formula is C26H19N3O6. The zero-order chi connectivity index (χ0) is 24.8. The molecule has 9 nitrogen and oxygen atoms in total. The van der Waals surface area contributed by atoms with Gasteiger partial charge >= 0.3 is 0 Å². The van der Waals surface area contributed by atoms with Crippen LogP contribution in [0, 0.1) is 45.9 Å². The number of nitro benzene ring substituents is 1. The highest BCUT2D eigenvalue weighted by molar-refractivity contribution is 6.24. The van der Waals surface area contributed by atoms with Gasteiger partial charge in [-0.1, -0.05) is 48.5 Å². The van der Waals surface area contributed by atoms with Gasteiger partial charge in [0.1, 0.15) is 11.6 Å². The largest absolute Gasteiger partial charge is 0.293 e. The lowest BCUT2D eigenvalue weighted by Gasteiger charge is -2.48. The number of hydrogen-bond acceptors (Lipinski definition) is 6. The summed E-state index contributed by atoms with van der Waals surface area (Å²) < 4.78 is 0. The van der Waals surface area contributed by atoms with Crippen molar-refractivity contribution in [3.63, 3.8) is 0 Å². The van der Waals surface area contributed by atoms with Crippen molar-refractivity contribution in [2.45, 2.75) is 25.3 Å². The fourth-order valence-corrected chi connectivity index (χ4v) is 6.39. The van der Waals surface area contributed by atoms with Crippen molar-refractivity contribution < 1.29 is 19.4 Å². The summed E-state index contributed by atoms with van der Waals surface area (Å²) in [6.07, 6.45) is 0. The van der Waals surface area contributed by atoms with E-state index in [2.05, 4.69) is 0 Å². The van der Waals surface area contributed by atoms with Gasteiger partial charge in [0.05, 0.1) is 10.8 Å². The van der Waals surface area contributed by atoms with Crippen LogP contribution in [0.1, 0.15) is 39.3 Å². The third-order valence-electron chi connectivity index (χ3n) is 7.89. The highest BCUT2D eigenvalue weighted by atomic mass is 16.6. The monoisotopic (exact) mass is 469 g/mol. The lowest BCUT2D eigenvalue weighted by atomic mass is 9.51. The molecule has 4 aliphatic rings. The number of aryl methyl sites for hydroxylation is 2. The van der Waals surface area contributed by atoms with Gasteiger partial charge in [-0.15, -0.1) is 0 Å².